The van der Waals surface area contributed by atoms with Crippen molar-refractivity contribution in [3.05, 3.63) is 0 Å². The van der Waals surface area contributed by atoms with Gasteiger partial charge < -0.3 is 15.5 Å². The molecular formula is C14H29N3O. The maximum Gasteiger partial charge on any atom is 0.223 e. The number of carbonyl (C=O) groups excluding carboxylic acids is 1. The summed E-state index contributed by atoms with van der Waals surface area (Å²) in [5, 5.41) is 0. The highest BCUT2D eigenvalue weighted by molar-refractivity contribution is 5.76. The molecule has 0 radical (unpaired) electrons. The van der Waals surface area contributed by atoms with Crippen molar-refractivity contribution in [2.45, 2.75) is 52.0 Å². The van der Waals surface area contributed by atoms with E-state index < -0.39 is 0 Å². The number of nitrogens with zero attached hydrogens (tertiary/aromatic N) is 2. The first-order valence-electron chi connectivity index (χ1n) is 7.43. The molecule has 0 atom stereocenters. The molecule has 1 saturated heterocycles. The molecule has 0 bridgehead atoms. The van der Waals surface area contributed by atoms with Crippen LogP contribution in [-0.4, -0.2) is 54.5 Å². The van der Waals surface area contributed by atoms with E-state index in [1.54, 1.807) is 0 Å². The number of likely N-dealkylation sites (tertiary alicyclic amines) is 1. The molecule has 1 heterocycles. The summed E-state index contributed by atoms with van der Waals surface area (Å²) < 4.78 is 0. The van der Waals surface area contributed by atoms with E-state index in [4.69, 9.17) is 5.73 Å². The predicted molar refractivity (Wildman–Crippen MR) is 75.4 cm³/mol. The molecule has 0 spiro atoms. The quantitative estimate of drug-likeness (QED) is 0.749. The van der Waals surface area contributed by atoms with Crippen LogP contribution >= 0.6 is 0 Å². The predicted octanol–water partition coefficient (Wildman–Crippen LogP) is 1.45. The molecular weight excluding hydrogens is 226 g/mol. The standard InChI is InChI=1S/C14H29N3O/c1-3-8-16(9-4-2)10-7-14(18)17-11-5-13(15)6-12-17/h13H,3-12,15H2,1-2H3. The molecule has 0 saturated carbocycles. The SMILES string of the molecule is CCCN(CCC)CCC(=O)N1CCC(N)CC1. The highest BCUT2D eigenvalue weighted by atomic mass is 16.2. The van der Waals surface area contributed by atoms with Crippen LogP contribution in [0.1, 0.15) is 46.0 Å². The van der Waals surface area contributed by atoms with Gasteiger partial charge in [0.05, 0.1) is 0 Å². The van der Waals surface area contributed by atoms with Gasteiger partial charge in [0.2, 0.25) is 5.91 Å². The second-order valence-electron chi connectivity index (χ2n) is 5.31. The molecule has 1 rings (SSSR count). The molecule has 18 heavy (non-hydrogen) atoms. The van der Waals surface area contributed by atoms with Gasteiger partial charge in [0.25, 0.3) is 0 Å². The van der Waals surface area contributed by atoms with Gasteiger partial charge >= 0.3 is 0 Å². The second-order valence-corrected chi connectivity index (χ2v) is 5.31. The third-order valence-corrected chi connectivity index (χ3v) is 3.61. The van der Waals surface area contributed by atoms with Crippen LogP contribution in [0.5, 0.6) is 0 Å². The topological polar surface area (TPSA) is 49.6 Å². The lowest BCUT2D eigenvalue weighted by molar-refractivity contribution is -0.132. The lowest BCUT2D eigenvalue weighted by atomic mass is 10.1. The molecule has 0 aromatic heterocycles. The van der Waals surface area contributed by atoms with Crippen LogP contribution in [-0.2, 0) is 4.79 Å². The fourth-order valence-corrected chi connectivity index (χ4v) is 2.53. The summed E-state index contributed by atoms with van der Waals surface area (Å²) in [5.41, 5.74) is 5.85. The minimum atomic E-state index is 0.297. The van der Waals surface area contributed by atoms with Crippen molar-refractivity contribution < 1.29 is 4.79 Å². The minimum Gasteiger partial charge on any atom is -0.343 e. The van der Waals surface area contributed by atoms with Gasteiger partial charge in [-0.3, -0.25) is 4.79 Å². The van der Waals surface area contributed by atoms with E-state index in [0.29, 0.717) is 18.4 Å². The Bertz CT molecular complexity index is 231. The first-order chi connectivity index (χ1) is 8.67. The van der Waals surface area contributed by atoms with Crippen molar-refractivity contribution in [2.75, 3.05) is 32.7 Å². The van der Waals surface area contributed by atoms with E-state index in [2.05, 4.69) is 18.7 Å². The van der Waals surface area contributed by atoms with E-state index >= 15 is 0 Å². The van der Waals surface area contributed by atoms with Gasteiger partial charge in [0, 0.05) is 32.1 Å². The highest BCUT2D eigenvalue weighted by Gasteiger charge is 2.20. The van der Waals surface area contributed by atoms with Gasteiger partial charge in [-0.2, -0.15) is 0 Å². The van der Waals surface area contributed by atoms with Crippen molar-refractivity contribution >= 4 is 5.91 Å². The molecule has 0 aliphatic carbocycles. The van der Waals surface area contributed by atoms with Gasteiger partial charge in [-0.15, -0.1) is 0 Å². The number of hydrogen-bond donors (Lipinski definition) is 1. The number of amides is 1. The number of nitrogens with two attached hydrogens (primary N) is 1. The van der Waals surface area contributed by atoms with E-state index in [1.807, 2.05) is 4.90 Å². The molecule has 1 fully saturated rings. The monoisotopic (exact) mass is 255 g/mol. The summed E-state index contributed by atoms with van der Waals surface area (Å²) >= 11 is 0. The maximum atomic E-state index is 12.1. The van der Waals surface area contributed by atoms with Crippen molar-refractivity contribution in [1.29, 1.82) is 0 Å². The molecule has 1 amide bonds. The Kier molecular flexibility index (Phi) is 7.28. The smallest absolute Gasteiger partial charge is 0.223 e. The molecule has 2 N–H and O–H groups in total. The van der Waals surface area contributed by atoms with Crippen LogP contribution in [0.2, 0.25) is 0 Å². The van der Waals surface area contributed by atoms with E-state index in [1.165, 1.54) is 0 Å². The minimum absolute atomic E-state index is 0.297. The Morgan fingerprint density at radius 2 is 1.72 bits per heavy atom. The third kappa shape index (κ3) is 5.36. The summed E-state index contributed by atoms with van der Waals surface area (Å²) in [4.78, 5) is 16.5. The first-order valence-corrected chi connectivity index (χ1v) is 7.43. The number of rotatable bonds is 7. The molecule has 4 nitrogen and oxygen atoms in total. The lowest BCUT2D eigenvalue weighted by Gasteiger charge is -2.31. The summed E-state index contributed by atoms with van der Waals surface area (Å²) in [6, 6.07) is 0.297. The zero-order valence-corrected chi connectivity index (χ0v) is 12.0. The van der Waals surface area contributed by atoms with Gasteiger partial charge in [-0.1, -0.05) is 13.8 Å². The third-order valence-electron chi connectivity index (χ3n) is 3.61. The number of piperidine rings is 1. The lowest BCUT2D eigenvalue weighted by Crippen LogP contribution is -2.43. The molecule has 0 aromatic carbocycles. The molecule has 0 aromatic rings. The average Bonchev–Trinajstić information content (AvgIpc) is 2.37. The van der Waals surface area contributed by atoms with Gasteiger partial charge in [-0.25, -0.2) is 0 Å². The highest BCUT2D eigenvalue weighted by Crippen LogP contribution is 2.10. The number of hydrogen-bond acceptors (Lipinski definition) is 3. The van der Waals surface area contributed by atoms with E-state index in [-0.39, 0.29) is 0 Å². The normalized spacial score (nSPS) is 17.4. The van der Waals surface area contributed by atoms with Crippen LogP contribution in [0.3, 0.4) is 0 Å². The van der Waals surface area contributed by atoms with Crippen molar-refractivity contribution in [3.63, 3.8) is 0 Å². The molecule has 106 valence electrons. The Morgan fingerprint density at radius 1 is 1.17 bits per heavy atom. The van der Waals surface area contributed by atoms with E-state index in [0.717, 1.165) is 58.4 Å². The van der Waals surface area contributed by atoms with E-state index in [9.17, 15) is 4.79 Å². The Hall–Kier alpha value is -0.610. The fraction of sp³-hybridized carbons (Fsp3) is 0.929. The van der Waals surface area contributed by atoms with Crippen LogP contribution in [0, 0.1) is 0 Å². The number of carbonyl (C=O) groups is 1. The summed E-state index contributed by atoms with van der Waals surface area (Å²) in [5.74, 6) is 0.305. The van der Waals surface area contributed by atoms with Crippen molar-refractivity contribution in [2.24, 2.45) is 5.73 Å². The Labute approximate surface area is 111 Å². The van der Waals surface area contributed by atoms with Crippen LogP contribution < -0.4 is 5.73 Å². The summed E-state index contributed by atoms with van der Waals surface area (Å²) in [6.45, 7) is 9.19. The van der Waals surface area contributed by atoms with Crippen molar-refractivity contribution in [3.8, 4) is 0 Å². The molecule has 0 unspecified atom stereocenters. The van der Waals surface area contributed by atoms with Crippen molar-refractivity contribution in [1.82, 2.24) is 9.80 Å². The maximum absolute atomic E-state index is 12.1. The summed E-state index contributed by atoms with van der Waals surface area (Å²) in [7, 11) is 0. The van der Waals surface area contributed by atoms with Crippen LogP contribution in [0.15, 0.2) is 0 Å². The zero-order valence-electron chi connectivity index (χ0n) is 12.0. The van der Waals surface area contributed by atoms with Gasteiger partial charge in [-0.05, 0) is 38.8 Å². The first kappa shape index (κ1) is 15.4. The second kappa shape index (κ2) is 8.48. The average molecular weight is 255 g/mol. The zero-order chi connectivity index (χ0) is 13.4. The Morgan fingerprint density at radius 3 is 2.22 bits per heavy atom. The van der Waals surface area contributed by atoms with Gasteiger partial charge in [0.1, 0.15) is 0 Å². The van der Waals surface area contributed by atoms with Gasteiger partial charge in [0.15, 0.2) is 0 Å². The molecule has 1 aliphatic heterocycles. The van der Waals surface area contributed by atoms with Crippen LogP contribution in [0.25, 0.3) is 0 Å². The molecule has 4 heteroatoms. The largest absolute Gasteiger partial charge is 0.343 e. The molecule has 1 aliphatic rings. The Balaban J connectivity index is 2.26. The fourth-order valence-electron chi connectivity index (χ4n) is 2.53. The summed E-state index contributed by atoms with van der Waals surface area (Å²) in [6.07, 6.45) is 4.90. The van der Waals surface area contributed by atoms with Crippen LogP contribution in [0.4, 0.5) is 0 Å².